The number of thioether (sulfide) groups is 1. The number of aromatic amines is 1. The number of ether oxygens (including phenoxy) is 1. The van der Waals surface area contributed by atoms with Crippen LogP contribution in [0.4, 0.5) is 4.79 Å². The molecule has 1 aromatic heterocycles. The number of methoxy groups -OCH3 is 1. The molecule has 9 nitrogen and oxygen atoms in total. The maximum Gasteiger partial charge on any atom is 0.344 e. The first kappa shape index (κ1) is 15.6. The number of hydrogen-bond donors (Lipinski definition) is 3. The summed E-state index contributed by atoms with van der Waals surface area (Å²) in [5, 5.41) is 11.4. The summed E-state index contributed by atoms with van der Waals surface area (Å²) in [7, 11) is 1.52. The van der Waals surface area contributed by atoms with E-state index in [2.05, 4.69) is 20.8 Å². The van der Waals surface area contributed by atoms with Crippen LogP contribution < -0.4 is 16.3 Å². The lowest BCUT2D eigenvalue weighted by Crippen LogP contribution is -2.41. The number of imide groups is 1. The van der Waals surface area contributed by atoms with Crippen LogP contribution in [0.15, 0.2) is 9.95 Å². The van der Waals surface area contributed by atoms with Crippen LogP contribution in [0.1, 0.15) is 18.9 Å². The quantitative estimate of drug-likeness (QED) is 0.460. The number of carbonyl (C=O) groups excluding carboxylic acids is 2. The molecule has 0 unspecified atom stereocenters. The summed E-state index contributed by atoms with van der Waals surface area (Å²) in [6, 6.07) is -0.390. The summed E-state index contributed by atoms with van der Waals surface area (Å²) in [6.07, 6.45) is 1.89. The molecule has 0 atom stereocenters. The first-order valence-electron chi connectivity index (χ1n) is 6.48. The first-order valence-corrected chi connectivity index (χ1v) is 7.46. The van der Waals surface area contributed by atoms with Crippen molar-refractivity contribution < 1.29 is 14.3 Å². The van der Waals surface area contributed by atoms with Gasteiger partial charge in [-0.25, -0.2) is 14.7 Å². The second-order valence-corrected chi connectivity index (χ2v) is 5.44. The van der Waals surface area contributed by atoms with Gasteiger partial charge in [0.1, 0.15) is 0 Å². The van der Waals surface area contributed by atoms with Gasteiger partial charge in [0, 0.05) is 19.7 Å². The minimum absolute atomic E-state index is 0.00864. The second-order valence-electron chi connectivity index (χ2n) is 4.50. The fraction of sp³-hybridized carbons (Fsp3) is 0.636. The SMILES string of the molecule is COCCNC(=O)NC(=O)CSc1n[nH]c(=O)n1C1CC1. The molecule has 1 aromatic rings. The standard InChI is InChI=1S/C11H17N5O4S/c1-20-5-4-12-9(18)13-8(17)6-21-11-15-14-10(19)16(11)7-2-3-7/h7H,2-6H2,1H3,(H,14,19)(H2,12,13,17,18). The molecular weight excluding hydrogens is 298 g/mol. The summed E-state index contributed by atoms with van der Waals surface area (Å²) < 4.78 is 6.32. The number of urea groups is 1. The Bertz CT molecular complexity index is 565. The molecule has 1 aliphatic rings. The van der Waals surface area contributed by atoms with Crippen molar-refractivity contribution in [3.05, 3.63) is 10.5 Å². The molecule has 10 heteroatoms. The Labute approximate surface area is 124 Å². The Balaban J connectivity index is 1.76. The number of carbonyl (C=O) groups is 2. The molecule has 0 radical (unpaired) electrons. The predicted octanol–water partition coefficient (Wildman–Crippen LogP) is -0.529. The van der Waals surface area contributed by atoms with Crippen LogP contribution in [0.3, 0.4) is 0 Å². The van der Waals surface area contributed by atoms with Gasteiger partial charge >= 0.3 is 11.7 Å². The number of nitrogens with zero attached hydrogens (tertiary/aromatic N) is 2. The monoisotopic (exact) mass is 315 g/mol. The lowest BCUT2D eigenvalue weighted by Gasteiger charge is -2.06. The van der Waals surface area contributed by atoms with E-state index in [0.717, 1.165) is 24.6 Å². The second kappa shape index (κ2) is 7.27. The highest BCUT2D eigenvalue weighted by Gasteiger charge is 2.28. The molecule has 3 N–H and O–H groups in total. The third-order valence-corrected chi connectivity index (χ3v) is 3.71. The summed E-state index contributed by atoms with van der Waals surface area (Å²) in [4.78, 5) is 34.5. The Morgan fingerprint density at radius 3 is 2.95 bits per heavy atom. The average Bonchev–Trinajstić information content (AvgIpc) is 3.20. The normalized spacial score (nSPS) is 14.0. The van der Waals surface area contributed by atoms with Crippen LogP contribution in [-0.4, -0.2) is 52.7 Å². The zero-order chi connectivity index (χ0) is 15.2. The highest BCUT2D eigenvalue weighted by molar-refractivity contribution is 7.99. The zero-order valence-corrected chi connectivity index (χ0v) is 12.4. The van der Waals surface area contributed by atoms with E-state index in [0.29, 0.717) is 18.3 Å². The molecule has 0 saturated heterocycles. The van der Waals surface area contributed by atoms with E-state index < -0.39 is 11.9 Å². The molecule has 1 heterocycles. The van der Waals surface area contributed by atoms with Crippen LogP contribution in [-0.2, 0) is 9.53 Å². The molecule has 3 amide bonds. The molecule has 2 rings (SSSR count). The van der Waals surface area contributed by atoms with Crippen LogP contribution in [0.5, 0.6) is 0 Å². The number of nitrogens with one attached hydrogen (secondary N) is 3. The number of rotatable bonds is 7. The molecule has 0 spiro atoms. The van der Waals surface area contributed by atoms with Gasteiger partial charge in [-0.1, -0.05) is 11.8 Å². The smallest absolute Gasteiger partial charge is 0.344 e. The van der Waals surface area contributed by atoms with E-state index in [-0.39, 0.29) is 17.5 Å². The van der Waals surface area contributed by atoms with E-state index in [1.54, 1.807) is 4.57 Å². The van der Waals surface area contributed by atoms with Crippen molar-refractivity contribution in [2.45, 2.75) is 24.0 Å². The average molecular weight is 315 g/mol. The molecule has 0 bridgehead atoms. The molecule has 1 aliphatic carbocycles. The van der Waals surface area contributed by atoms with E-state index >= 15 is 0 Å². The molecule has 1 saturated carbocycles. The lowest BCUT2D eigenvalue weighted by molar-refractivity contribution is -0.117. The van der Waals surface area contributed by atoms with E-state index in [4.69, 9.17) is 4.74 Å². The number of aromatic nitrogens is 3. The van der Waals surface area contributed by atoms with Gasteiger partial charge in [-0.3, -0.25) is 14.7 Å². The number of amides is 3. The Hall–Kier alpha value is -1.81. The van der Waals surface area contributed by atoms with Gasteiger partial charge < -0.3 is 10.1 Å². The van der Waals surface area contributed by atoms with Crippen LogP contribution in [0.2, 0.25) is 0 Å². The Morgan fingerprint density at radius 1 is 1.52 bits per heavy atom. The minimum atomic E-state index is -0.570. The highest BCUT2D eigenvalue weighted by Crippen LogP contribution is 2.35. The van der Waals surface area contributed by atoms with Gasteiger partial charge in [0.2, 0.25) is 5.91 Å². The molecule has 21 heavy (non-hydrogen) atoms. The zero-order valence-electron chi connectivity index (χ0n) is 11.5. The largest absolute Gasteiger partial charge is 0.383 e. The summed E-state index contributed by atoms with van der Waals surface area (Å²) >= 11 is 1.12. The van der Waals surface area contributed by atoms with Crippen molar-refractivity contribution in [2.24, 2.45) is 0 Å². The van der Waals surface area contributed by atoms with Gasteiger partial charge in [-0.2, -0.15) is 0 Å². The van der Waals surface area contributed by atoms with Gasteiger partial charge in [-0.05, 0) is 12.8 Å². The van der Waals surface area contributed by atoms with Crippen molar-refractivity contribution in [1.82, 2.24) is 25.4 Å². The van der Waals surface area contributed by atoms with Crippen LogP contribution in [0, 0.1) is 0 Å². The number of H-pyrrole nitrogens is 1. The van der Waals surface area contributed by atoms with Crippen molar-refractivity contribution in [2.75, 3.05) is 26.0 Å². The molecular formula is C11H17N5O4S. The fourth-order valence-corrected chi connectivity index (χ4v) is 2.46. The third kappa shape index (κ3) is 4.60. The summed E-state index contributed by atoms with van der Waals surface area (Å²) in [5.41, 5.74) is -0.266. The Morgan fingerprint density at radius 2 is 2.29 bits per heavy atom. The lowest BCUT2D eigenvalue weighted by atomic mass is 10.6. The van der Waals surface area contributed by atoms with Crippen molar-refractivity contribution in [1.29, 1.82) is 0 Å². The fourth-order valence-electron chi connectivity index (χ4n) is 1.65. The first-order chi connectivity index (χ1) is 10.1. The maximum absolute atomic E-state index is 11.6. The van der Waals surface area contributed by atoms with Crippen LogP contribution in [0.25, 0.3) is 0 Å². The van der Waals surface area contributed by atoms with E-state index in [9.17, 15) is 14.4 Å². The third-order valence-electron chi connectivity index (χ3n) is 2.76. The predicted molar refractivity (Wildman–Crippen MR) is 75.3 cm³/mol. The van der Waals surface area contributed by atoms with E-state index in [1.165, 1.54) is 7.11 Å². The minimum Gasteiger partial charge on any atom is -0.383 e. The van der Waals surface area contributed by atoms with Crippen LogP contribution >= 0.6 is 11.8 Å². The topological polar surface area (TPSA) is 118 Å². The van der Waals surface area contributed by atoms with Gasteiger partial charge in [0.25, 0.3) is 0 Å². The van der Waals surface area contributed by atoms with Gasteiger partial charge in [0.05, 0.1) is 12.4 Å². The number of hydrogen-bond acceptors (Lipinski definition) is 6. The molecule has 0 aromatic carbocycles. The summed E-state index contributed by atoms with van der Waals surface area (Å²) in [5.74, 6) is -0.443. The highest BCUT2D eigenvalue weighted by atomic mass is 32.2. The van der Waals surface area contributed by atoms with Crippen molar-refractivity contribution >= 4 is 23.7 Å². The molecule has 0 aliphatic heterocycles. The van der Waals surface area contributed by atoms with Crippen molar-refractivity contribution in [3.8, 4) is 0 Å². The molecule has 1 fully saturated rings. The van der Waals surface area contributed by atoms with Gasteiger partial charge in [0.15, 0.2) is 5.16 Å². The maximum atomic E-state index is 11.6. The summed E-state index contributed by atoms with van der Waals surface area (Å²) in [6.45, 7) is 0.695. The molecule has 116 valence electrons. The Kier molecular flexibility index (Phi) is 5.39. The van der Waals surface area contributed by atoms with Gasteiger partial charge in [-0.15, -0.1) is 5.10 Å². The van der Waals surface area contributed by atoms with E-state index in [1.807, 2.05) is 0 Å². The van der Waals surface area contributed by atoms with Crippen molar-refractivity contribution in [3.63, 3.8) is 0 Å².